The maximum Gasteiger partial charge on any atom is 0.281 e. The van der Waals surface area contributed by atoms with E-state index >= 15 is 0 Å². The van der Waals surface area contributed by atoms with Crippen molar-refractivity contribution in [3.05, 3.63) is 87.5 Å². The molecule has 1 fully saturated rings. The van der Waals surface area contributed by atoms with Crippen LogP contribution >= 0.6 is 0 Å². The van der Waals surface area contributed by atoms with Crippen LogP contribution < -0.4 is 5.56 Å². The van der Waals surface area contributed by atoms with Gasteiger partial charge in [0.2, 0.25) is 0 Å². The van der Waals surface area contributed by atoms with Gasteiger partial charge in [0.1, 0.15) is 17.5 Å². The van der Waals surface area contributed by atoms with E-state index in [4.69, 9.17) is 0 Å². The zero-order valence-corrected chi connectivity index (χ0v) is 17.5. The maximum atomic E-state index is 14.1. The molecule has 3 heterocycles. The molecule has 0 atom stereocenters. The number of likely N-dealkylation sites (tertiary alicyclic amines) is 1. The minimum atomic E-state index is -0.709. The first-order chi connectivity index (χ1) is 16.0. The first kappa shape index (κ1) is 20.9. The molecule has 0 saturated carbocycles. The molecule has 10 heteroatoms. The molecule has 0 radical (unpaired) electrons. The van der Waals surface area contributed by atoms with E-state index in [0.717, 1.165) is 12.1 Å². The Labute approximate surface area is 186 Å². The minimum absolute atomic E-state index is 0.0189. The smallest absolute Gasteiger partial charge is 0.281 e. The highest BCUT2D eigenvalue weighted by Crippen LogP contribution is 2.26. The van der Waals surface area contributed by atoms with Gasteiger partial charge in [0.25, 0.3) is 11.5 Å². The third kappa shape index (κ3) is 4.11. The third-order valence-corrected chi connectivity index (χ3v) is 5.92. The van der Waals surface area contributed by atoms with Crippen LogP contribution in [0.2, 0.25) is 0 Å². The van der Waals surface area contributed by atoms with Crippen molar-refractivity contribution >= 4 is 17.1 Å². The number of aromatic nitrogens is 5. The molecule has 1 amide bonds. The van der Waals surface area contributed by atoms with Crippen LogP contribution in [0.15, 0.2) is 53.3 Å². The summed E-state index contributed by atoms with van der Waals surface area (Å²) < 4.78 is 28.6. The van der Waals surface area contributed by atoms with E-state index in [0.29, 0.717) is 37.3 Å². The third-order valence-electron chi connectivity index (χ3n) is 5.92. The van der Waals surface area contributed by atoms with Crippen molar-refractivity contribution in [2.75, 3.05) is 13.1 Å². The predicted molar refractivity (Wildman–Crippen MR) is 116 cm³/mol. The summed E-state index contributed by atoms with van der Waals surface area (Å²) in [6, 6.07) is 12.4. The summed E-state index contributed by atoms with van der Waals surface area (Å²) in [5, 5.41) is 7.81. The molecule has 4 aromatic rings. The number of hydrogen-bond acceptors (Lipinski definition) is 5. The Bertz CT molecular complexity index is 1380. The lowest BCUT2D eigenvalue weighted by Crippen LogP contribution is -2.38. The molecule has 0 aliphatic carbocycles. The number of aromatic amines is 1. The lowest BCUT2D eigenvalue weighted by Gasteiger charge is -2.31. The van der Waals surface area contributed by atoms with Gasteiger partial charge in [0.15, 0.2) is 11.2 Å². The van der Waals surface area contributed by atoms with Crippen molar-refractivity contribution in [2.24, 2.45) is 0 Å². The average molecular weight is 450 g/mol. The van der Waals surface area contributed by atoms with Gasteiger partial charge in [0.05, 0.1) is 6.54 Å². The van der Waals surface area contributed by atoms with Crippen molar-refractivity contribution < 1.29 is 13.6 Å². The number of benzene rings is 2. The van der Waals surface area contributed by atoms with Crippen LogP contribution in [0.5, 0.6) is 0 Å². The van der Waals surface area contributed by atoms with Gasteiger partial charge in [-0.1, -0.05) is 29.5 Å². The Morgan fingerprint density at radius 2 is 1.85 bits per heavy atom. The predicted octanol–water partition coefficient (Wildman–Crippen LogP) is 2.86. The standard InChI is InChI=1S/C23H20F2N6O2/c24-17-7-6-16(18(25)12-17)13-31-21-19(28-29-31)22(32)27-20(26-21)14-8-10-30(11-9-14)23(33)15-4-2-1-3-5-15/h1-7,12,14H,8-11,13H2,(H,26,27,32). The molecule has 0 spiro atoms. The van der Waals surface area contributed by atoms with Crippen LogP contribution in [0.4, 0.5) is 8.78 Å². The first-order valence-electron chi connectivity index (χ1n) is 10.6. The SMILES string of the molecule is O=C(c1ccccc1)N1CCC(c2nc3c(nnn3Cc3ccc(F)cc3F)c(=O)[nH]2)CC1. The van der Waals surface area contributed by atoms with E-state index in [9.17, 15) is 18.4 Å². The number of rotatable bonds is 4. The monoisotopic (exact) mass is 450 g/mol. The van der Waals surface area contributed by atoms with Gasteiger partial charge < -0.3 is 9.88 Å². The van der Waals surface area contributed by atoms with Crippen LogP contribution in [-0.4, -0.2) is 48.9 Å². The molecule has 1 saturated heterocycles. The van der Waals surface area contributed by atoms with Gasteiger partial charge in [-0.05, 0) is 31.0 Å². The van der Waals surface area contributed by atoms with Crippen molar-refractivity contribution in [3.63, 3.8) is 0 Å². The van der Waals surface area contributed by atoms with E-state index in [2.05, 4.69) is 20.3 Å². The molecule has 1 N–H and O–H groups in total. The van der Waals surface area contributed by atoms with Crippen molar-refractivity contribution in [3.8, 4) is 0 Å². The van der Waals surface area contributed by atoms with Crippen molar-refractivity contribution in [2.45, 2.75) is 25.3 Å². The molecule has 2 aromatic carbocycles. The highest BCUT2D eigenvalue weighted by atomic mass is 19.1. The molecule has 1 aliphatic rings. The fourth-order valence-electron chi connectivity index (χ4n) is 4.11. The maximum absolute atomic E-state index is 14.1. The molecule has 1 aliphatic heterocycles. The Morgan fingerprint density at radius 3 is 2.58 bits per heavy atom. The number of nitrogens with one attached hydrogen (secondary N) is 1. The quantitative estimate of drug-likeness (QED) is 0.516. The first-order valence-corrected chi connectivity index (χ1v) is 10.6. The number of carbonyl (C=O) groups is 1. The number of halogens is 2. The summed E-state index contributed by atoms with van der Waals surface area (Å²) in [4.78, 5) is 34.4. The largest absolute Gasteiger partial charge is 0.339 e. The summed E-state index contributed by atoms with van der Waals surface area (Å²) >= 11 is 0. The number of piperidine rings is 1. The topological polar surface area (TPSA) is 96.8 Å². The van der Waals surface area contributed by atoms with Crippen LogP contribution in [0.3, 0.4) is 0 Å². The zero-order chi connectivity index (χ0) is 22.9. The number of amides is 1. The van der Waals surface area contributed by atoms with Crippen LogP contribution in [0, 0.1) is 11.6 Å². The average Bonchev–Trinajstić information content (AvgIpc) is 3.24. The Balaban J connectivity index is 1.37. The number of hydrogen-bond donors (Lipinski definition) is 1. The Hall–Kier alpha value is -3.95. The molecule has 168 valence electrons. The minimum Gasteiger partial charge on any atom is -0.339 e. The highest BCUT2D eigenvalue weighted by Gasteiger charge is 2.27. The number of nitrogens with zero attached hydrogens (tertiary/aromatic N) is 5. The van der Waals surface area contributed by atoms with Gasteiger partial charge in [-0.25, -0.2) is 18.4 Å². The van der Waals surface area contributed by atoms with Crippen LogP contribution in [0.1, 0.15) is 40.5 Å². The summed E-state index contributed by atoms with van der Waals surface area (Å²) in [7, 11) is 0. The molecule has 5 rings (SSSR count). The summed E-state index contributed by atoms with van der Waals surface area (Å²) in [6.45, 7) is 1.04. The zero-order valence-electron chi connectivity index (χ0n) is 17.5. The second kappa shape index (κ2) is 8.53. The second-order valence-electron chi connectivity index (χ2n) is 8.04. The van der Waals surface area contributed by atoms with E-state index in [-0.39, 0.29) is 35.1 Å². The fraction of sp³-hybridized carbons (Fsp3) is 0.261. The fourth-order valence-corrected chi connectivity index (χ4v) is 4.11. The molecule has 2 aromatic heterocycles. The van der Waals surface area contributed by atoms with Gasteiger partial charge in [-0.3, -0.25) is 9.59 Å². The van der Waals surface area contributed by atoms with Crippen molar-refractivity contribution in [1.29, 1.82) is 0 Å². The van der Waals surface area contributed by atoms with Crippen LogP contribution in [0.25, 0.3) is 11.2 Å². The summed E-state index contributed by atoms with van der Waals surface area (Å²) in [5.41, 5.74) is 0.716. The van der Waals surface area contributed by atoms with Crippen molar-refractivity contribution in [1.82, 2.24) is 29.9 Å². The van der Waals surface area contributed by atoms with E-state index in [1.54, 1.807) is 17.0 Å². The van der Waals surface area contributed by atoms with E-state index in [1.807, 2.05) is 18.2 Å². The lowest BCUT2D eigenvalue weighted by molar-refractivity contribution is 0.0711. The van der Waals surface area contributed by atoms with Gasteiger partial charge in [-0.2, -0.15) is 0 Å². The lowest BCUT2D eigenvalue weighted by atomic mass is 9.95. The van der Waals surface area contributed by atoms with E-state index in [1.165, 1.54) is 10.7 Å². The molecule has 33 heavy (non-hydrogen) atoms. The Kier molecular flexibility index (Phi) is 5.41. The molecular weight excluding hydrogens is 430 g/mol. The number of fused-ring (bicyclic) bond motifs is 1. The number of carbonyl (C=O) groups excluding carboxylic acids is 1. The van der Waals surface area contributed by atoms with Gasteiger partial charge >= 0.3 is 0 Å². The summed E-state index contributed by atoms with van der Waals surface area (Å²) in [6.07, 6.45) is 1.28. The van der Waals surface area contributed by atoms with Gasteiger partial charge in [-0.15, -0.1) is 5.10 Å². The normalized spacial score (nSPS) is 14.7. The Morgan fingerprint density at radius 1 is 1.09 bits per heavy atom. The van der Waals surface area contributed by atoms with E-state index < -0.39 is 17.2 Å². The number of H-pyrrole nitrogens is 1. The molecule has 8 nitrogen and oxygen atoms in total. The molecule has 0 unspecified atom stereocenters. The molecular formula is C23H20F2N6O2. The molecule has 0 bridgehead atoms. The van der Waals surface area contributed by atoms with Crippen LogP contribution in [-0.2, 0) is 6.54 Å². The highest BCUT2D eigenvalue weighted by molar-refractivity contribution is 5.94. The second-order valence-corrected chi connectivity index (χ2v) is 8.04. The van der Waals surface area contributed by atoms with Gasteiger partial charge in [0, 0.05) is 36.2 Å². The summed E-state index contributed by atoms with van der Waals surface area (Å²) in [5.74, 6) is -0.961.